The summed E-state index contributed by atoms with van der Waals surface area (Å²) >= 11 is 0. The molecule has 1 unspecified atom stereocenters. The topological polar surface area (TPSA) is 86.8 Å². The Labute approximate surface area is 189 Å². The maximum atomic E-state index is 13.2. The predicted octanol–water partition coefficient (Wildman–Crippen LogP) is 4.19. The molecule has 170 valence electrons. The third-order valence-corrected chi connectivity index (χ3v) is 8.05. The first-order chi connectivity index (χ1) is 15.0. The van der Waals surface area contributed by atoms with E-state index in [1.165, 1.54) is 11.6 Å². The zero-order chi connectivity index (χ0) is 23.3. The minimum Gasteiger partial charge on any atom is -0.334 e. The lowest BCUT2D eigenvalue weighted by molar-refractivity contribution is -0.131. The summed E-state index contributed by atoms with van der Waals surface area (Å²) in [6, 6.07) is 12.1. The van der Waals surface area contributed by atoms with Gasteiger partial charge in [0.2, 0.25) is 5.91 Å². The highest BCUT2D eigenvalue weighted by Crippen LogP contribution is 2.35. The van der Waals surface area contributed by atoms with Gasteiger partial charge in [0.05, 0.1) is 11.7 Å². The number of carbonyl (C=O) groups excluding carboxylic acids is 2. The normalized spacial score (nSPS) is 20.1. The van der Waals surface area contributed by atoms with Crippen molar-refractivity contribution in [2.24, 2.45) is 0 Å². The van der Waals surface area contributed by atoms with Crippen molar-refractivity contribution in [3.63, 3.8) is 0 Å². The largest absolute Gasteiger partial charge is 0.336 e. The van der Waals surface area contributed by atoms with Crippen molar-refractivity contribution in [2.75, 3.05) is 18.4 Å². The molecule has 4 rings (SSSR count). The lowest BCUT2D eigenvalue weighted by Gasteiger charge is -2.32. The van der Waals surface area contributed by atoms with Crippen LogP contribution in [0.25, 0.3) is 0 Å². The maximum absolute atomic E-state index is 13.2. The van der Waals surface area contributed by atoms with Gasteiger partial charge in [-0.3, -0.25) is 4.79 Å². The molecule has 0 aromatic heterocycles. The third-order valence-electron chi connectivity index (χ3n) is 6.27. The first-order valence-corrected chi connectivity index (χ1v) is 12.3. The molecule has 32 heavy (non-hydrogen) atoms. The smallest absolute Gasteiger partial charge is 0.334 e. The fraction of sp³-hybridized carbons (Fsp3) is 0.417. The Morgan fingerprint density at radius 3 is 2.47 bits per heavy atom. The molecule has 2 aliphatic heterocycles. The van der Waals surface area contributed by atoms with Crippen molar-refractivity contribution in [1.29, 1.82) is 0 Å². The summed E-state index contributed by atoms with van der Waals surface area (Å²) in [5, 5.41) is 2.63. The summed E-state index contributed by atoms with van der Waals surface area (Å²) < 4.78 is 26.8. The van der Waals surface area contributed by atoms with Gasteiger partial charge in [-0.05, 0) is 47.9 Å². The Morgan fingerprint density at radius 2 is 1.81 bits per heavy atom. The van der Waals surface area contributed by atoms with Gasteiger partial charge in [0.15, 0.2) is 0 Å². The van der Waals surface area contributed by atoms with Crippen molar-refractivity contribution in [3.05, 3.63) is 59.2 Å². The van der Waals surface area contributed by atoms with E-state index in [9.17, 15) is 18.0 Å². The number of amides is 3. The van der Waals surface area contributed by atoms with Crippen molar-refractivity contribution >= 4 is 27.6 Å². The molecule has 3 amide bonds. The number of hydrogen-bond donors (Lipinski definition) is 1. The quantitative estimate of drug-likeness (QED) is 0.752. The summed E-state index contributed by atoms with van der Waals surface area (Å²) in [5.41, 5.74) is 3.20. The number of fused-ring (bicyclic) bond motifs is 1. The van der Waals surface area contributed by atoms with Crippen LogP contribution < -0.4 is 5.32 Å². The van der Waals surface area contributed by atoms with E-state index >= 15 is 0 Å². The van der Waals surface area contributed by atoms with E-state index in [4.69, 9.17) is 0 Å². The standard InChI is InChI=1S/C24H29N3O4S/c1-16-7-5-9-20-22(16)25-23(29)27(32(20,30)31)15-21(28)26-14-6-8-19(26)17-10-12-18(13-11-17)24(2,3)4/h5,7,9-13,19H,6,8,14-15H2,1-4H3,(H,25,29). The second-order valence-electron chi connectivity index (χ2n) is 9.51. The van der Waals surface area contributed by atoms with Gasteiger partial charge < -0.3 is 10.2 Å². The molecule has 1 saturated heterocycles. The zero-order valence-corrected chi connectivity index (χ0v) is 19.7. The van der Waals surface area contributed by atoms with Crippen LogP contribution in [-0.4, -0.2) is 42.7 Å². The number of benzene rings is 2. The molecular weight excluding hydrogens is 426 g/mol. The van der Waals surface area contributed by atoms with E-state index in [2.05, 4.69) is 38.2 Å². The van der Waals surface area contributed by atoms with E-state index < -0.39 is 22.6 Å². The lowest BCUT2D eigenvalue weighted by Crippen LogP contribution is -2.49. The highest BCUT2D eigenvalue weighted by atomic mass is 32.2. The van der Waals surface area contributed by atoms with Gasteiger partial charge in [0.25, 0.3) is 10.0 Å². The number of sulfonamides is 1. The first kappa shape index (κ1) is 22.3. The molecule has 0 radical (unpaired) electrons. The van der Waals surface area contributed by atoms with Gasteiger partial charge in [-0.25, -0.2) is 17.5 Å². The number of anilines is 1. The Kier molecular flexibility index (Phi) is 5.53. The molecule has 2 aromatic rings. The van der Waals surface area contributed by atoms with Gasteiger partial charge in [-0.2, -0.15) is 0 Å². The Balaban J connectivity index is 1.56. The van der Waals surface area contributed by atoms with Crippen LogP contribution in [0.5, 0.6) is 0 Å². The average Bonchev–Trinajstić information content (AvgIpc) is 3.21. The Bertz CT molecular complexity index is 1170. The molecule has 2 heterocycles. The number of carbonyl (C=O) groups is 2. The van der Waals surface area contributed by atoms with E-state index in [1.807, 2.05) is 12.1 Å². The summed E-state index contributed by atoms with van der Waals surface area (Å²) in [7, 11) is -4.11. The number of urea groups is 1. The molecule has 2 aliphatic rings. The second kappa shape index (κ2) is 7.92. The van der Waals surface area contributed by atoms with Crippen LogP contribution in [0.4, 0.5) is 10.5 Å². The molecule has 8 heteroatoms. The molecule has 0 bridgehead atoms. The second-order valence-corrected chi connectivity index (χ2v) is 11.3. The molecule has 1 N–H and O–H groups in total. The lowest BCUT2D eigenvalue weighted by atomic mass is 9.86. The average molecular weight is 456 g/mol. The van der Waals surface area contributed by atoms with Crippen molar-refractivity contribution in [3.8, 4) is 0 Å². The molecule has 0 saturated carbocycles. The van der Waals surface area contributed by atoms with Crippen molar-refractivity contribution in [2.45, 2.75) is 56.9 Å². The highest BCUT2D eigenvalue weighted by Gasteiger charge is 2.40. The molecule has 1 atom stereocenters. The summed E-state index contributed by atoms with van der Waals surface area (Å²) in [5.74, 6) is -0.373. The van der Waals surface area contributed by atoms with E-state index in [0.29, 0.717) is 16.4 Å². The molecular formula is C24H29N3O4S. The highest BCUT2D eigenvalue weighted by molar-refractivity contribution is 7.90. The predicted molar refractivity (Wildman–Crippen MR) is 123 cm³/mol. The first-order valence-electron chi connectivity index (χ1n) is 10.8. The maximum Gasteiger partial charge on any atom is 0.336 e. The number of hydrogen-bond acceptors (Lipinski definition) is 4. The molecule has 7 nitrogen and oxygen atoms in total. The molecule has 1 fully saturated rings. The fourth-order valence-corrected chi connectivity index (χ4v) is 5.90. The molecule has 2 aromatic carbocycles. The van der Waals surface area contributed by atoms with Gasteiger partial charge in [-0.15, -0.1) is 0 Å². The van der Waals surface area contributed by atoms with Crippen LogP contribution in [0.1, 0.15) is 56.3 Å². The zero-order valence-electron chi connectivity index (χ0n) is 18.9. The number of likely N-dealkylation sites (tertiary alicyclic amines) is 1. The van der Waals surface area contributed by atoms with E-state index in [1.54, 1.807) is 24.0 Å². The van der Waals surface area contributed by atoms with Crippen LogP contribution in [0.3, 0.4) is 0 Å². The number of rotatable bonds is 3. The minimum atomic E-state index is -4.11. The third kappa shape index (κ3) is 3.88. The summed E-state index contributed by atoms with van der Waals surface area (Å²) in [6.07, 6.45) is 1.64. The van der Waals surface area contributed by atoms with Crippen LogP contribution >= 0.6 is 0 Å². The fourth-order valence-electron chi connectivity index (χ4n) is 4.40. The number of nitrogens with one attached hydrogen (secondary N) is 1. The molecule has 0 aliphatic carbocycles. The summed E-state index contributed by atoms with van der Waals surface area (Å²) in [4.78, 5) is 27.5. The van der Waals surface area contributed by atoms with Gasteiger partial charge in [0, 0.05) is 6.54 Å². The number of nitrogens with zero attached hydrogens (tertiary/aromatic N) is 2. The van der Waals surface area contributed by atoms with Crippen molar-refractivity contribution < 1.29 is 18.0 Å². The van der Waals surface area contributed by atoms with Crippen molar-refractivity contribution in [1.82, 2.24) is 9.21 Å². The molecule has 0 spiro atoms. The van der Waals surface area contributed by atoms with Crippen LogP contribution in [0, 0.1) is 6.92 Å². The Hall–Kier alpha value is -2.87. The SMILES string of the molecule is Cc1cccc2c1NC(=O)N(CC(=O)N1CCCC1c1ccc(C(C)(C)C)cc1)S2(=O)=O. The van der Waals surface area contributed by atoms with Crippen LogP contribution in [0.15, 0.2) is 47.4 Å². The number of para-hydroxylation sites is 1. The van der Waals surface area contributed by atoms with Gasteiger partial charge >= 0.3 is 6.03 Å². The monoisotopic (exact) mass is 455 g/mol. The van der Waals surface area contributed by atoms with Crippen LogP contribution in [-0.2, 0) is 20.2 Å². The Morgan fingerprint density at radius 1 is 1.12 bits per heavy atom. The summed E-state index contributed by atoms with van der Waals surface area (Å²) in [6.45, 7) is 8.20. The van der Waals surface area contributed by atoms with E-state index in [0.717, 1.165) is 18.4 Å². The number of aryl methyl sites for hydroxylation is 1. The van der Waals surface area contributed by atoms with Crippen LogP contribution in [0.2, 0.25) is 0 Å². The minimum absolute atomic E-state index is 0.0145. The van der Waals surface area contributed by atoms with Gasteiger partial charge in [0.1, 0.15) is 11.4 Å². The van der Waals surface area contributed by atoms with Gasteiger partial charge in [-0.1, -0.05) is 57.2 Å². The van der Waals surface area contributed by atoms with E-state index in [-0.39, 0.29) is 27.9 Å².